The van der Waals surface area contributed by atoms with Gasteiger partial charge in [0, 0.05) is 24.4 Å². The number of aliphatic hydroxyl groups excluding tert-OH is 1. The van der Waals surface area contributed by atoms with Crippen LogP contribution in [0.3, 0.4) is 0 Å². The molecule has 0 aromatic heterocycles. The molecule has 1 aromatic carbocycles. The van der Waals surface area contributed by atoms with E-state index in [1.807, 2.05) is 0 Å². The Balaban J connectivity index is 2.23. The molecule has 1 N–H and O–H groups in total. The van der Waals surface area contributed by atoms with Gasteiger partial charge in [0.25, 0.3) is 0 Å². The smallest absolute Gasteiger partial charge is 0.0434 e. The van der Waals surface area contributed by atoms with Gasteiger partial charge in [-0.15, -0.1) is 0 Å². The molecule has 0 amide bonds. The summed E-state index contributed by atoms with van der Waals surface area (Å²) in [7, 11) is 0. The summed E-state index contributed by atoms with van der Waals surface area (Å²) >= 11 is 0. The molecule has 0 bridgehead atoms. The molecular weight excluding hydrogens is 222 g/mol. The van der Waals surface area contributed by atoms with E-state index in [1.54, 1.807) is 0 Å². The van der Waals surface area contributed by atoms with Crippen molar-refractivity contribution < 1.29 is 5.11 Å². The summed E-state index contributed by atoms with van der Waals surface area (Å²) in [6, 6.07) is 8.80. The van der Waals surface area contributed by atoms with E-state index in [0.29, 0.717) is 12.5 Å². The Kier molecular flexibility index (Phi) is 3.96. The highest BCUT2D eigenvalue weighted by atomic mass is 16.3. The quantitative estimate of drug-likeness (QED) is 0.885. The van der Waals surface area contributed by atoms with Gasteiger partial charge in [0.05, 0.1) is 0 Å². The Labute approximate surface area is 111 Å². The van der Waals surface area contributed by atoms with E-state index >= 15 is 0 Å². The molecule has 2 nitrogen and oxygen atoms in total. The highest BCUT2D eigenvalue weighted by Gasteiger charge is 2.37. The van der Waals surface area contributed by atoms with Crippen molar-refractivity contribution >= 4 is 5.69 Å². The highest BCUT2D eigenvalue weighted by Crippen LogP contribution is 2.38. The molecule has 0 aliphatic carbocycles. The number of hydrogen-bond donors (Lipinski definition) is 1. The average molecular weight is 247 g/mol. The standard InChI is InChI=1S/C16H25NO/c1-13-6-8-15(9-7-13)17-11-4-5-14(10-12-18)16(17,2)3/h6-9,14,18H,4-5,10-12H2,1-3H3. The van der Waals surface area contributed by atoms with Crippen LogP contribution in [0.1, 0.15) is 38.7 Å². The summed E-state index contributed by atoms with van der Waals surface area (Å²) in [5.41, 5.74) is 2.75. The number of aliphatic hydroxyl groups is 1. The molecular formula is C16H25NO. The van der Waals surface area contributed by atoms with E-state index in [1.165, 1.54) is 24.1 Å². The molecule has 1 aromatic rings. The fourth-order valence-corrected chi connectivity index (χ4v) is 3.20. The molecule has 100 valence electrons. The summed E-state index contributed by atoms with van der Waals surface area (Å²) in [4.78, 5) is 2.51. The second-order valence-corrected chi connectivity index (χ2v) is 5.99. The first-order valence-corrected chi connectivity index (χ1v) is 7.01. The topological polar surface area (TPSA) is 23.5 Å². The number of benzene rings is 1. The minimum Gasteiger partial charge on any atom is -0.396 e. The summed E-state index contributed by atoms with van der Waals surface area (Å²) in [5.74, 6) is 0.581. The second kappa shape index (κ2) is 5.31. The fourth-order valence-electron chi connectivity index (χ4n) is 3.20. The van der Waals surface area contributed by atoms with E-state index in [4.69, 9.17) is 0 Å². The Morgan fingerprint density at radius 1 is 1.28 bits per heavy atom. The normalized spacial score (nSPS) is 23.1. The van der Waals surface area contributed by atoms with Gasteiger partial charge in [0.1, 0.15) is 0 Å². The summed E-state index contributed by atoms with van der Waals surface area (Å²) in [6.45, 7) is 8.17. The lowest BCUT2D eigenvalue weighted by atomic mass is 9.77. The van der Waals surface area contributed by atoms with Gasteiger partial charge < -0.3 is 10.0 Å². The van der Waals surface area contributed by atoms with E-state index in [2.05, 4.69) is 49.9 Å². The van der Waals surface area contributed by atoms with Gasteiger partial charge in [-0.3, -0.25) is 0 Å². The minimum absolute atomic E-state index is 0.135. The zero-order chi connectivity index (χ0) is 13.2. The number of hydrogen-bond acceptors (Lipinski definition) is 2. The van der Waals surface area contributed by atoms with Gasteiger partial charge in [0.15, 0.2) is 0 Å². The molecule has 1 saturated heterocycles. The maximum absolute atomic E-state index is 9.23. The lowest BCUT2D eigenvalue weighted by Gasteiger charge is -2.49. The number of rotatable bonds is 3. The van der Waals surface area contributed by atoms with Gasteiger partial charge in [-0.2, -0.15) is 0 Å². The third-order valence-corrected chi connectivity index (χ3v) is 4.45. The van der Waals surface area contributed by atoms with E-state index in [0.717, 1.165) is 13.0 Å². The van der Waals surface area contributed by atoms with Crippen LogP contribution in [0.15, 0.2) is 24.3 Å². The molecule has 1 aliphatic rings. The van der Waals surface area contributed by atoms with Crippen LogP contribution in [-0.2, 0) is 0 Å². The van der Waals surface area contributed by atoms with E-state index < -0.39 is 0 Å². The monoisotopic (exact) mass is 247 g/mol. The third kappa shape index (κ3) is 2.54. The van der Waals surface area contributed by atoms with Gasteiger partial charge in [-0.25, -0.2) is 0 Å². The van der Waals surface area contributed by atoms with Crippen molar-refractivity contribution in [2.45, 2.75) is 45.6 Å². The van der Waals surface area contributed by atoms with Crippen LogP contribution in [0.5, 0.6) is 0 Å². The maximum Gasteiger partial charge on any atom is 0.0434 e. The number of anilines is 1. The molecule has 2 heteroatoms. The van der Waals surface area contributed by atoms with Crippen molar-refractivity contribution in [3.05, 3.63) is 29.8 Å². The Bertz CT molecular complexity index is 381. The van der Waals surface area contributed by atoms with Crippen LogP contribution in [0.4, 0.5) is 5.69 Å². The van der Waals surface area contributed by atoms with Crippen molar-refractivity contribution in [3.8, 4) is 0 Å². The molecule has 1 atom stereocenters. The van der Waals surface area contributed by atoms with Gasteiger partial charge in [-0.05, 0) is 58.1 Å². The average Bonchev–Trinajstić information content (AvgIpc) is 2.33. The van der Waals surface area contributed by atoms with Crippen LogP contribution in [0, 0.1) is 12.8 Å². The maximum atomic E-state index is 9.23. The molecule has 0 saturated carbocycles. The molecule has 1 aliphatic heterocycles. The Morgan fingerprint density at radius 2 is 1.94 bits per heavy atom. The van der Waals surface area contributed by atoms with Gasteiger partial charge in [0.2, 0.25) is 0 Å². The van der Waals surface area contributed by atoms with Crippen LogP contribution in [-0.4, -0.2) is 23.8 Å². The van der Waals surface area contributed by atoms with Crippen molar-refractivity contribution in [3.63, 3.8) is 0 Å². The van der Waals surface area contributed by atoms with E-state index in [-0.39, 0.29) is 5.54 Å². The molecule has 18 heavy (non-hydrogen) atoms. The largest absolute Gasteiger partial charge is 0.396 e. The number of aryl methyl sites for hydroxylation is 1. The van der Waals surface area contributed by atoms with Crippen molar-refractivity contribution in [1.82, 2.24) is 0 Å². The first-order chi connectivity index (χ1) is 8.55. The first-order valence-electron chi connectivity index (χ1n) is 7.01. The molecule has 0 radical (unpaired) electrons. The number of piperidine rings is 1. The van der Waals surface area contributed by atoms with Gasteiger partial charge in [-0.1, -0.05) is 17.7 Å². The van der Waals surface area contributed by atoms with Crippen LogP contribution < -0.4 is 4.90 Å². The van der Waals surface area contributed by atoms with Crippen LogP contribution in [0.25, 0.3) is 0 Å². The van der Waals surface area contributed by atoms with E-state index in [9.17, 15) is 5.11 Å². The fraction of sp³-hybridized carbons (Fsp3) is 0.625. The molecule has 0 spiro atoms. The molecule has 2 rings (SSSR count). The Morgan fingerprint density at radius 3 is 2.56 bits per heavy atom. The molecule has 1 fully saturated rings. The first kappa shape index (κ1) is 13.4. The van der Waals surface area contributed by atoms with Crippen molar-refractivity contribution in [2.24, 2.45) is 5.92 Å². The molecule has 1 heterocycles. The van der Waals surface area contributed by atoms with Crippen molar-refractivity contribution in [1.29, 1.82) is 0 Å². The van der Waals surface area contributed by atoms with Gasteiger partial charge >= 0.3 is 0 Å². The predicted molar refractivity (Wildman–Crippen MR) is 77.0 cm³/mol. The summed E-state index contributed by atoms with van der Waals surface area (Å²) in [5, 5.41) is 9.23. The summed E-state index contributed by atoms with van der Waals surface area (Å²) in [6.07, 6.45) is 3.37. The minimum atomic E-state index is 0.135. The van der Waals surface area contributed by atoms with Crippen LogP contribution in [0.2, 0.25) is 0 Å². The zero-order valence-electron chi connectivity index (χ0n) is 11.8. The second-order valence-electron chi connectivity index (χ2n) is 5.99. The van der Waals surface area contributed by atoms with Crippen molar-refractivity contribution in [2.75, 3.05) is 18.1 Å². The number of nitrogens with zero attached hydrogens (tertiary/aromatic N) is 1. The lowest BCUT2D eigenvalue weighted by Crippen LogP contribution is -2.53. The highest BCUT2D eigenvalue weighted by molar-refractivity contribution is 5.50. The zero-order valence-corrected chi connectivity index (χ0v) is 11.8. The predicted octanol–water partition coefficient (Wildman–Crippen LogP) is 3.37. The van der Waals surface area contributed by atoms with Crippen LogP contribution >= 0.6 is 0 Å². The summed E-state index contributed by atoms with van der Waals surface area (Å²) < 4.78 is 0. The lowest BCUT2D eigenvalue weighted by molar-refractivity contribution is 0.176. The SMILES string of the molecule is Cc1ccc(N2CCCC(CCO)C2(C)C)cc1. The third-order valence-electron chi connectivity index (χ3n) is 4.45. The molecule has 1 unspecified atom stereocenters. The Hall–Kier alpha value is -1.02.